The first kappa shape index (κ1) is 12.9. The highest BCUT2D eigenvalue weighted by atomic mass is 16.3. The highest BCUT2D eigenvalue weighted by molar-refractivity contribution is 5.62. The summed E-state index contributed by atoms with van der Waals surface area (Å²) in [5.41, 5.74) is 0.806. The zero-order valence-corrected chi connectivity index (χ0v) is 9.52. The Balaban J connectivity index is 2.61. The highest BCUT2D eigenvalue weighted by Crippen LogP contribution is 2.13. The van der Waals surface area contributed by atoms with Crippen LogP contribution in [0.3, 0.4) is 0 Å². The van der Waals surface area contributed by atoms with Gasteiger partial charge in [0, 0.05) is 13.0 Å². The van der Waals surface area contributed by atoms with Crippen LogP contribution in [0.25, 0.3) is 0 Å². The average Bonchev–Trinajstić information content (AvgIpc) is 2.28. The Morgan fingerprint density at radius 3 is 2.31 bits per heavy atom. The first-order valence-corrected chi connectivity index (χ1v) is 5.45. The number of carbonyl (C=O) groups is 1. The molecule has 16 heavy (non-hydrogen) atoms. The molecule has 0 radical (unpaired) electrons. The molecule has 0 aliphatic heterocycles. The summed E-state index contributed by atoms with van der Waals surface area (Å²) in [5, 5.41) is 18.3. The molecule has 0 aliphatic carbocycles. The van der Waals surface area contributed by atoms with E-state index in [9.17, 15) is 9.90 Å². The zero-order chi connectivity index (χ0) is 12.0. The van der Waals surface area contributed by atoms with Gasteiger partial charge in [-0.25, -0.2) is 0 Å². The minimum absolute atomic E-state index is 0.196. The van der Waals surface area contributed by atoms with Crippen molar-refractivity contribution < 1.29 is 15.0 Å². The second-order valence-electron chi connectivity index (χ2n) is 4.30. The largest absolute Gasteiger partial charge is 0.396 e. The zero-order valence-electron chi connectivity index (χ0n) is 9.52. The second kappa shape index (κ2) is 5.77. The summed E-state index contributed by atoms with van der Waals surface area (Å²) in [6.45, 7) is 1.70. The Kier molecular flexibility index (Phi) is 4.65. The smallest absolute Gasteiger partial charge is 0.151 e. The standard InChI is InChI=1S/C13H18O3/c1-13(16,10-15)9-12-6-4-11(5-7-12)3-2-8-14/h4-7,10,14,16H,2-3,8-9H2,1H3. The summed E-state index contributed by atoms with van der Waals surface area (Å²) < 4.78 is 0. The van der Waals surface area contributed by atoms with Crippen LogP contribution in [0.1, 0.15) is 24.5 Å². The van der Waals surface area contributed by atoms with E-state index in [1.165, 1.54) is 6.92 Å². The fraction of sp³-hybridized carbons (Fsp3) is 0.462. The molecule has 1 unspecified atom stereocenters. The van der Waals surface area contributed by atoms with E-state index >= 15 is 0 Å². The normalized spacial score (nSPS) is 14.4. The highest BCUT2D eigenvalue weighted by Gasteiger charge is 2.19. The monoisotopic (exact) mass is 222 g/mol. The van der Waals surface area contributed by atoms with Crippen molar-refractivity contribution in [1.29, 1.82) is 0 Å². The van der Waals surface area contributed by atoms with Gasteiger partial charge in [-0.3, -0.25) is 0 Å². The lowest BCUT2D eigenvalue weighted by molar-refractivity contribution is -0.122. The van der Waals surface area contributed by atoms with Crippen molar-refractivity contribution in [3.63, 3.8) is 0 Å². The second-order valence-corrected chi connectivity index (χ2v) is 4.30. The third kappa shape index (κ3) is 4.13. The Bertz CT molecular complexity index is 328. The van der Waals surface area contributed by atoms with Gasteiger partial charge < -0.3 is 15.0 Å². The van der Waals surface area contributed by atoms with Gasteiger partial charge in [0.1, 0.15) is 5.60 Å². The van der Waals surface area contributed by atoms with Gasteiger partial charge in [0.05, 0.1) is 0 Å². The van der Waals surface area contributed by atoms with E-state index in [0.29, 0.717) is 12.7 Å². The Hall–Kier alpha value is -1.19. The van der Waals surface area contributed by atoms with Crippen LogP contribution in [-0.2, 0) is 17.6 Å². The molecule has 3 nitrogen and oxygen atoms in total. The molecule has 0 saturated heterocycles. The van der Waals surface area contributed by atoms with Crippen molar-refractivity contribution in [2.75, 3.05) is 6.61 Å². The maximum absolute atomic E-state index is 10.6. The first-order valence-electron chi connectivity index (χ1n) is 5.45. The lowest BCUT2D eigenvalue weighted by atomic mass is 9.97. The number of aldehydes is 1. The van der Waals surface area contributed by atoms with Crippen molar-refractivity contribution >= 4 is 6.29 Å². The molecule has 0 spiro atoms. The number of hydrogen-bond donors (Lipinski definition) is 2. The quantitative estimate of drug-likeness (QED) is 0.709. The Morgan fingerprint density at radius 2 is 1.81 bits per heavy atom. The Morgan fingerprint density at radius 1 is 1.25 bits per heavy atom. The molecule has 0 aliphatic rings. The first-order chi connectivity index (χ1) is 7.57. The number of aliphatic hydroxyl groups excluding tert-OH is 1. The predicted octanol–water partition coefficient (Wildman–Crippen LogP) is 1.10. The summed E-state index contributed by atoms with van der Waals surface area (Å²) in [5.74, 6) is 0. The molecule has 1 aromatic rings. The van der Waals surface area contributed by atoms with Gasteiger partial charge >= 0.3 is 0 Å². The maximum atomic E-state index is 10.6. The fourth-order valence-corrected chi connectivity index (χ4v) is 1.56. The summed E-state index contributed by atoms with van der Waals surface area (Å²) in [6.07, 6.45) is 2.50. The fourth-order valence-electron chi connectivity index (χ4n) is 1.56. The summed E-state index contributed by atoms with van der Waals surface area (Å²) in [6, 6.07) is 7.74. The van der Waals surface area contributed by atoms with E-state index in [-0.39, 0.29) is 6.61 Å². The number of aliphatic hydroxyl groups is 2. The molecule has 0 bridgehead atoms. The molecular weight excluding hydrogens is 204 g/mol. The van der Waals surface area contributed by atoms with Crippen molar-refractivity contribution in [2.45, 2.75) is 31.8 Å². The molecule has 0 saturated carbocycles. The van der Waals surface area contributed by atoms with Crippen LogP contribution in [-0.4, -0.2) is 28.7 Å². The van der Waals surface area contributed by atoms with Gasteiger partial charge in [-0.15, -0.1) is 0 Å². The number of carbonyl (C=O) groups excluding carboxylic acids is 1. The summed E-state index contributed by atoms with van der Waals surface area (Å²) >= 11 is 0. The lowest BCUT2D eigenvalue weighted by Crippen LogP contribution is -2.28. The van der Waals surface area contributed by atoms with E-state index in [4.69, 9.17) is 5.11 Å². The number of rotatable bonds is 6. The predicted molar refractivity (Wildman–Crippen MR) is 62.2 cm³/mol. The van der Waals surface area contributed by atoms with Crippen LogP contribution in [0.15, 0.2) is 24.3 Å². The van der Waals surface area contributed by atoms with E-state index < -0.39 is 5.60 Å². The van der Waals surface area contributed by atoms with Crippen LogP contribution in [0.2, 0.25) is 0 Å². The van der Waals surface area contributed by atoms with Crippen LogP contribution < -0.4 is 0 Å². The van der Waals surface area contributed by atoms with Gasteiger partial charge in [-0.05, 0) is 30.9 Å². The maximum Gasteiger partial charge on any atom is 0.151 e. The van der Waals surface area contributed by atoms with Gasteiger partial charge in [-0.2, -0.15) is 0 Å². The topological polar surface area (TPSA) is 57.5 Å². The van der Waals surface area contributed by atoms with Crippen LogP contribution in [0.5, 0.6) is 0 Å². The van der Waals surface area contributed by atoms with Crippen molar-refractivity contribution in [2.24, 2.45) is 0 Å². The average molecular weight is 222 g/mol. The summed E-state index contributed by atoms with van der Waals surface area (Å²) in [7, 11) is 0. The van der Waals surface area contributed by atoms with Gasteiger partial charge in [0.15, 0.2) is 6.29 Å². The molecule has 1 aromatic carbocycles. The SMILES string of the molecule is CC(O)(C=O)Cc1ccc(CCCO)cc1. The molecule has 0 aromatic heterocycles. The number of aryl methyl sites for hydroxylation is 1. The molecule has 0 fully saturated rings. The molecular formula is C13H18O3. The van der Waals surface area contributed by atoms with Gasteiger partial charge in [0.25, 0.3) is 0 Å². The van der Waals surface area contributed by atoms with E-state index in [0.717, 1.165) is 24.0 Å². The molecule has 1 atom stereocenters. The number of hydrogen-bond acceptors (Lipinski definition) is 3. The lowest BCUT2D eigenvalue weighted by Gasteiger charge is -2.15. The third-order valence-corrected chi connectivity index (χ3v) is 2.46. The minimum atomic E-state index is -1.29. The van der Waals surface area contributed by atoms with Crippen molar-refractivity contribution in [3.05, 3.63) is 35.4 Å². The van der Waals surface area contributed by atoms with Gasteiger partial charge in [0.2, 0.25) is 0 Å². The molecule has 0 amide bonds. The van der Waals surface area contributed by atoms with E-state index in [1.807, 2.05) is 24.3 Å². The molecule has 3 heteroatoms. The third-order valence-electron chi connectivity index (χ3n) is 2.46. The Labute approximate surface area is 95.7 Å². The van der Waals surface area contributed by atoms with Crippen molar-refractivity contribution in [1.82, 2.24) is 0 Å². The minimum Gasteiger partial charge on any atom is -0.396 e. The molecule has 1 rings (SSSR count). The van der Waals surface area contributed by atoms with Crippen LogP contribution >= 0.6 is 0 Å². The van der Waals surface area contributed by atoms with Crippen LogP contribution in [0, 0.1) is 0 Å². The molecule has 2 N–H and O–H groups in total. The molecule has 0 heterocycles. The van der Waals surface area contributed by atoms with Crippen molar-refractivity contribution in [3.8, 4) is 0 Å². The number of benzene rings is 1. The van der Waals surface area contributed by atoms with E-state index in [1.54, 1.807) is 0 Å². The van der Waals surface area contributed by atoms with E-state index in [2.05, 4.69) is 0 Å². The molecule has 88 valence electrons. The van der Waals surface area contributed by atoms with Gasteiger partial charge in [-0.1, -0.05) is 24.3 Å². The van der Waals surface area contributed by atoms with Crippen LogP contribution in [0.4, 0.5) is 0 Å². The summed E-state index contributed by atoms with van der Waals surface area (Å²) in [4.78, 5) is 10.6.